The Labute approximate surface area is 182 Å². The number of anilines is 1. The molecule has 1 aromatic heterocycles. The lowest BCUT2D eigenvalue weighted by Crippen LogP contribution is -3.11. The summed E-state index contributed by atoms with van der Waals surface area (Å²) in [6.07, 6.45) is 5.48. The van der Waals surface area contributed by atoms with E-state index in [4.69, 9.17) is 4.42 Å². The van der Waals surface area contributed by atoms with Crippen molar-refractivity contribution < 1.29 is 18.9 Å². The second-order valence-corrected chi connectivity index (χ2v) is 8.00. The number of hydrogen-bond donors (Lipinski definition) is 3. The number of likely N-dealkylation sites (tertiary alicyclic amines) is 1. The summed E-state index contributed by atoms with van der Waals surface area (Å²) in [4.78, 5) is 26.1. The molecule has 4 rings (SSSR count). The molecule has 1 aliphatic heterocycles. The van der Waals surface area contributed by atoms with E-state index in [1.54, 1.807) is 41.3 Å². The first-order chi connectivity index (χ1) is 15.2. The summed E-state index contributed by atoms with van der Waals surface area (Å²) >= 11 is 0. The molecule has 0 bridgehead atoms. The normalized spacial score (nSPS) is 14.2. The summed E-state index contributed by atoms with van der Waals surface area (Å²) < 4.78 is 5.07. The molecule has 6 heteroatoms. The van der Waals surface area contributed by atoms with E-state index in [1.165, 1.54) is 44.2 Å². The summed E-state index contributed by atoms with van der Waals surface area (Å²) in [7, 11) is 0. The largest absolute Gasteiger partial charge is 0.459 e. The molecule has 0 atom stereocenters. The van der Waals surface area contributed by atoms with Gasteiger partial charge in [0.2, 0.25) is 0 Å². The Morgan fingerprint density at radius 2 is 1.55 bits per heavy atom. The maximum absolute atomic E-state index is 12.5. The molecule has 0 unspecified atom stereocenters. The van der Waals surface area contributed by atoms with Crippen LogP contribution >= 0.6 is 0 Å². The highest BCUT2D eigenvalue weighted by atomic mass is 16.3. The predicted molar refractivity (Wildman–Crippen MR) is 119 cm³/mol. The molecular weight excluding hydrogens is 390 g/mol. The number of hydrogen-bond acceptors (Lipinski definition) is 3. The molecule has 0 saturated carbocycles. The van der Waals surface area contributed by atoms with Crippen molar-refractivity contribution in [2.45, 2.75) is 32.4 Å². The Kier molecular flexibility index (Phi) is 6.79. The first-order valence-corrected chi connectivity index (χ1v) is 10.8. The minimum atomic E-state index is -0.326. The van der Waals surface area contributed by atoms with E-state index < -0.39 is 0 Å². The van der Waals surface area contributed by atoms with Crippen molar-refractivity contribution in [3.63, 3.8) is 0 Å². The molecule has 0 radical (unpaired) electrons. The number of furan rings is 1. The molecule has 3 N–H and O–H groups in total. The average molecular weight is 419 g/mol. The summed E-state index contributed by atoms with van der Waals surface area (Å²) in [5.41, 5.74) is 3.57. The van der Waals surface area contributed by atoms with Crippen molar-refractivity contribution >= 4 is 17.5 Å². The van der Waals surface area contributed by atoms with Crippen LogP contribution in [-0.4, -0.2) is 24.9 Å². The van der Waals surface area contributed by atoms with Gasteiger partial charge in [-0.1, -0.05) is 24.3 Å². The van der Waals surface area contributed by atoms with Crippen molar-refractivity contribution in [2.24, 2.45) is 0 Å². The first kappa shape index (κ1) is 20.9. The Morgan fingerprint density at radius 1 is 0.839 bits per heavy atom. The van der Waals surface area contributed by atoms with Crippen LogP contribution in [0.1, 0.15) is 51.3 Å². The minimum absolute atomic E-state index is 0.147. The van der Waals surface area contributed by atoms with E-state index in [-0.39, 0.29) is 17.6 Å². The van der Waals surface area contributed by atoms with E-state index in [2.05, 4.69) is 34.9 Å². The van der Waals surface area contributed by atoms with Crippen molar-refractivity contribution in [1.82, 2.24) is 5.32 Å². The van der Waals surface area contributed by atoms with Crippen LogP contribution in [-0.2, 0) is 13.1 Å². The lowest BCUT2D eigenvalue weighted by Gasteiger charge is -2.23. The summed E-state index contributed by atoms with van der Waals surface area (Å²) in [5, 5.41) is 5.69. The maximum Gasteiger partial charge on any atom is 0.291 e. The lowest BCUT2D eigenvalue weighted by molar-refractivity contribution is -0.918. The Hall–Kier alpha value is -3.38. The van der Waals surface area contributed by atoms with Crippen LogP contribution in [0.2, 0.25) is 0 Å². The van der Waals surface area contributed by atoms with Gasteiger partial charge in [-0.2, -0.15) is 0 Å². The van der Waals surface area contributed by atoms with Gasteiger partial charge in [0.1, 0.15) is 6.54 Å². The van der Waals surface area contributed by atoms with Crippen molar-refractivity contribution in [1.29, 1.82) is 0 Å². The van der Waals surface area contributed by atoms with E-state index in [9.17, 15) is 9.59 Å². The number of piperidine rings is 1. The van der Waals surface area contributed by atoms with Gasteiger partial charge in [-0.05, 0) is 61.2 Å². The molecule has 0 aliphatic carbocycles. The van der Waals surface area contributed by atoms with E-state index >= 15 is 0 Å². The molecule has 2 aromatic carbocycles. The number of amides is 2. The van der Waals surface area contributed by atoms with Crippen LogP contribution in [0.5, 0.6) is 0 Å². The molecule has 31 heavy (non-hydrogen) atoms. The lowest BCUT2D eigenvalue weighted by atomic mass is 10.1. The predicted octanol–water partition coefficient (Wildman–Crippen LogP) is 3.03. The maximum atomic E-state index is 12.5. The van der Waals surface area contributed by atoms with Gasteiger partial charge in [-0.25, -0.2) is 0 Å². The monoisotopic (exact) mass is 418 g/mol. The van der Waals surface area contributed by atoms with Crippen LogP contribution in [0.3, 0.4) is 0 Å². The van der Waals surface area contributed by atoms with E-state index in [0.717, 1.165) is 12.1 Å². The number of carbonyl (C=O) groups excluding carboxylic acids is 2. The average Bonchev–Trinajstić information content (AvgIpc) is 3.35. The Balaban J connectivity index is 1.26. The Bertz CT molecular complexity index is 990. The zero-order chi connectivity index (χ0) is 21.5. The molecular formula is C25H28N3O3+. The molecule has 160 valence electrons. The zero-order valence-corrected chi connectivity index (χ0v) is 17.5. The van der Waals surface area contributed by atoms with Gasteiger partial charge < -0.3 is 20.0 Å². The minimum Gasteiger partial charge on any atom is -0.459 e. The fourth-order valence-electron chi connectivity index (χ4n) is 3.88. The number of nitrogens with one attached hydrogen (secondary N) is 3. The molecule has 1 aliphatic rings. The molecule has 1 saturated heterocycles. The third-order valence-corrected chi connectivity index (χ3v) is 5.64. The smallest absolute Gasteiger partial charge is 0.291 e. The fourth-order valence-corrected chi connectivity index (χ4v) is 3.88. The quantitative estimate of drug-likeness (QED) is 0.552. The Morgan fingerprint density at radius 3 is 2.23 bits per heavy atom. The summed E-state index contributed by atoms with van der Waals surface area (Å²) in [6.45, 7) is 4.09. The standard InChI is InChI=1S/C25H27N3O3/c29-24(21-10-12-22(13-11-21)27-25(30)23-5-4-16-31-23)26-17-19-6-8-20(9-7-19)18-28-14-2-1-3-15-28/h4-13,16H,1-3,14-15,17-18H2,(H,26,29)(H,27,30)/p+1. The van der Waals surface area contributed by atoms with Crippen LogP contribution in [0, 0.1) is 0 Å². The van der Waals surface area contributed by atoms with Gasteiger partial charge in [0.15, 0.2) is 5.76 Å². The van der Waals surface area contributed by atoms with Gasteiger partial charge in [-0.15, -0.1) is 0 Å². The van der Waals surface area contributed by atoms with Crippen LogP contribution in [0.4, 0.5) is 5.69 Å². The molecule has 3 aromatic rings. The second kappa shape index (κ2) is 10.1. The topological polar surface area (TPSA) is 75.8 Å². The third kappa shape index (κ3) is 5.83. The molecule has 2 heterocycles. The van der Waals surface area contributed by atoms with Crippen molar-refractivity contribution in [3.05, 3.63) is 89.4 Å². The highest BCUT2D eigenvalue weighted by Crippen LogP contribution is 2.12. The highest BCUT2D eigenvalue weighted by molar-refractivity contribution is 6.02. The van der Waals surface area contributed by atoms with Gasteiger partial charge in [0.05, 0.1) is 19.4 Å². The molecule has 2 amide bonds. The van der Waals surface area contributed by atoms with E-state index in [0.29, 0.717) is 17.8 Å². The second-order valence-electron chi connectivity index (χ2n) is 8.00. The fraction of sp³-hybridized carbons (Fsp3) is 0.280. The van der Waals surface area contributed by atoms with Crippen LogP contribution in [0.15, 0.2) is 71.3 Å². The van der Waals surface area contributed by atoms with E-state index in [1.807, 2.05) is 0 Å². The van der Waals surface area contributed by atoms with Gasteiger partial charge >= 0.3 is 0 Å². The summed E-state index contributed by atoms with van der Waals surface area (Å²) in [5.74, 6) is -0.233. The van der Waals surface area contributed by atoms with Crippen LogP contribution < -0.4 is 15.5 Å². The van der Waals surface area contributed by atoms with Crippen LogP contribution in [0.25, 0.3) is 0 Å². The number of carbonyl (C=O) groups is 2. The third-order valence-electron chi connectivity index (χ3n) is 5.64. The number of quaternary nitrogens is 1. The molecule has 1 fully saturated rings. The van der Waals surface area contributed by atoms with Gasteiger partial charge in [-0.3, -0.25) is 9.59 Å². The summed E-state index contributed by atoms with van der Waals surface area (Å²) in [6, 6.07) is 18.6. The molecule has 6 nitrogen and oxygen atoms in total. The first-order valence-electron chi connectivity index (χ1n) is 10.8. The zero-order valence-electron chi connectivity index (χ0n) is 17.5. The van der Waals surface area contributed by atoms with Crippen molar-refractivity contribution in [2.75, 3.05) is 18.4 Å². The van der Waals surface area contributed by atoms with Crippen molar-refractivity contribution in [3.8, 4) is 0 Å². The molecule has 0 spiro atoms. The number of rotatable bonds is 7. The van der Waals surface area contributed by atoms with Gasteiger partial charge in [0.25, 0.3) is 11.8 Å². The van der Waals surface area contributed by atoms with Gasteiger partial charge in [0, 0.05) is 23.4 Å². The number of benzene rings is 2. The highest BCUT2D eigenvalue weighted by Gasteiger charge is 2.14. The SMILES string of the molecule is O=C(NCc1ccc(C[NH+]2CCCCC2)cc1)c1ccc(NC(=O)c2ccco2)cc1.